The third kappa shape index (κ3) is 5.58. The van der Waals surface area contributed by atoms with Crippen molar-refractivity contribution in [3.8, 4) is 5.75 Å². The first-order chi connectivity index (χ1) is 13.1. The van der Waals surface area contributed by atoms with Crippen LogP contribution in [0.15, 0.2) is 35.9 Å². The van der Waals surface area contributed by atoms with Crippen molar-refractivity contribution in [2.75, 3.05) is 13.2 Å². The molecule has 0 aromatic heterocycles. The van der Waals surface area contributed by atoms with Gasteiger partial charge in [-0.15, -0.1) is 0 Å². The lowest BCUT2D eigenvalue weighted by Gasteiger charge is -2.40. The molecule has 1 spiro atoms. The Kier molecular flexibility index (Phi) is 6.95. The maximum absolute atomic E-state index is 11.0. The van der Waals surface area contributed by atoms with Crippen LogP contribution in [0.4, 0.5) is 0 Å². The number of aliphatic carboxylic acids is 1. The van der Waals surface area contributed by atoms with E-state index in [1.54, 1.807) is 0 Å². The van der Waals surface area contributed by atoms with E-state index < -0.39 is 12.1 Å². The Morgan fingerprint density at radius 3 is 2.56 bits per heavy atom. The van der Waals surface area contributed by atoms with Crippen molar-refractivity contribution in [2.45, 2.75) is 70.8 Å². The number of carbonyl (C=O) groups is 1. The highest BCUT2D eigenvalue weighted by Crippen LogP contribution is 2.47. The fourth-order valence-corrected chi connectivity index (χ4v) is 4.65. The summed E-state index contributed by atoms with van der Waals surface area (Å²) in [4.78, 5) is 11.0. The minimum Gasteiger partial charge on any atom is -0.489 e. The summed E-state index contributed by atoms with van der Waals surface area (Å²) in [5.74, 6) is -0.0249. The summed E-state index contributed by atoms with van der Waals surface area (Å²) in [6.45, 7) is 3.03. The molecule has 0 aliphatic heterocycles. The second-order valence-electron chi connectivity index (χ2n) is 8.04. The van der Waals surface area contributed by atoms with Crippen molar-refractivity contribution < 1.29 is 19.4 Å². The molecule has 0 heterocycles. The van der Waals surface area contributed by atoms with Crippen molar-refractivity contribution in [1.82, 2.24) is 0 Å². The van der Waals surface area contributed by atoms with Crippen LogP contribution in [0.1, 0.15) is 76.4 Å². The second kappa shape index (κ2) is 9.41. The number of allylic oxidation sites excluding steroid dienone is 1. The smallest absolute Gasteiger partial charge is 0.306 e. The summed E-state index contributed by atoms with van der Waals surface area (Å²) in [6, 6.07) is 7.67. The van der Waals surface area contributed by atoms with Gasteiger partial charge >= 0.3 is 5.97 Å². The Morgan fingerprint density at radius 1 is 1.15 bits per heavy atom. The van der Waals surface area contributed by atoms with Crippen LogP contribution >= 0.6 is 0 Å². The molecular formula is C23H32O4. The number of rotatable bonds is 8. The van der Waals surface area contributed by atoms with Crippen molar-refractivity contribution in [2.24, 2.45) is 5.41 Å². The van der Waals surface area contributed by atoms with Gasteiger partial charge in [0.25, 0.3) is 0 Å². The average molecular weight is 373 g/mol. The van der Waals surface area contributed by atoms with E-state index in [9.17, 15) is 4.79 Å². The molecule has 0 amide bonds. The van der Waals surface area contributed by atoms with Crippen molar-refractivity contribution >= 4 is 5.97 Å². The normalized spacial score (nSPS) is 20.1. The topological polar surface area (TPSA) is 55.8 Å². The van der Waals surface area contributed by atoms with E-state index >= 15 is 0 Å². The maximum Gasteiger partial charge on any atom is 0.306 e. The summed E-state index contributed by atoms with van der Waals surface area (Å²) in [5, 5.41) is 9.05. The summed E-state index contributed by atoms with van der Waals surface area (Å²) in [7, 11) is 0. The van der Waals surface area contributed by atoms with Crippen LogP contribution in [0.2, 0.25) is 0 Å². The standard InChI is InChI=1S/C23H32O4/c1-2-26-21(15-22(24)25)19-8-10-20(11-9-19)27-17-18-7-6-14-23(16-18)12-4-3-5-13-23/h7-11,21H,2-6,12-17H2,1H3,(H,24,25). The van der Waals surface area contributed by atoms with Crippen LogP contribution in [0.3, 0.4) is 0 Å². The number of carboxylic acids is 1. The van der Waals surface area contributed by atoms with E-state index in [0.29, 0.717) is 18.6 Å². The van der Waals surface area contributed by atoms with Gasteiger partial charge < -0.3 is 14.6 Å². The quantitative estimate of drug-likeness (QED) is 0.597. The van der Waals surface area contributed by atoms with E-state index in [0.717, 1.165) is 11.3 Å². The summed E-state index contributed by atoms with van der Waals surface area (Å²) >= 11 is 0. The molecule has 1 aromatic rings. The van der Waals surface area contributed by atoms with Crippen molar-refractivity contribution in [1.29, 1.82) is 0 Å². The van der Waals surface area contributed by atoms with Gasteiger partial charge in [-0.05, 0) is 67.7 Å². The molecule has 1 unspecified atom stereocenters. The predicted molar refractivity (Wildman–Crippen MR) is 106 cm³/mol. The first-order valence-electron chi connectivity index (χ1n) is 10.3. The van der Waals surface area contributed by atoms with Gasteiger partial charge in [-0.25, -0.2) is 0 Å². The van der Waals surface area contributed by atoms with Crippen LogP contribution < -0.4 is 4.74 Å². The molecular weight excluding hydrogens is 340 g/mol. The molecule has 3 rings (SSSR count). The minimum atomic E-state index is -0.852. The number of ether oxygens (including phenoxy) is 2. The fourth-order valence-electron chi connectivity index (χ4n) is 4.65. The molecule has 1 atom stereocenters. The van der Waals surface area contributed by atoms with E-state index in [1.807, 2.05) is 31.2 Å². The molecule has 27 heavy (non-hydrogen) atoms. The van der Waals surface area contributed by atoms with Gasteiger partial charge in [0.2, 0.25) is 0 Å². The van der Waals surface area contributed by atoms with Gasteiger partial charge in [-0.1, -0.05) is 37.5 Å². The van der Waals surface area contributed by atoms with E-state index in [4.69, 9.17) is 14.6 Å². The van der Waals surface area contributed by atoms with Crippen LogP contribution in [0.25, 0.3) is 0 Å². The van der Waals surface area contributed by atoms with Crippen molar-refractivity contribution in [3.05, 3.63) is 41.5 Å². The largest absolute Gasteiger partial charge is 0.489 e. The number of hydrogen-bond donors (Lipinski definition) is 1. The van der Waals surface area contributed by atoms with Gasteiger partial charge in [0.1, 0.15) is 12.4 Å². The Balaban J connectivity index is 1.55. The number of carboxylic acid groups (broad SMARTS) is 1. The third-order valence-electron chi connectivity index (χ3n) is 6.03. The molecule has 1 fully saturated rings. The first kappa shape index (κ1) is 19.9. The summed E-state index contributed by atoms with van der Waals surface area (Å²) in [6.07, 6.45) is 12.6. The average Bonchev–Trinajstić information content (AvgIpc) is 2.67. The zero-order valence-corrected chi connectivity index (χ0v) is 16.4. The van der Waals surface area contributed by atoms with Gasteiger partial charge in [0.05, 0.1) is 12.5 Å². The summed E-state index contributed by atoms with van der Waals surface area (Å²) < 4.78 is 11.6. The molecule has 4 nitrogen and oxygen atoms in total. The first-order valence-corrected chi connectivity index (χ1v) is 10.3. The monoisotopic (exact) mass is 372 g/mol. The maximum atomic E-state index is 11.0. The van der Waals surface area contributed by atoms with Gasteiger partial charge in [0.15, 0.2) is 0 Å². The lowest BCUT2D eigenvalue weighted by molar-refractivity contribution is -0.140. The second-order valence-corrected chi connectivity index (χ2v) is 8.04. The molecule has 1 N–H and O–H groups in total. The zero-order valence-electron chi connectivity index (χ0n) is 16.4. The highest BCUT2D eigenvalue weighted by atomic mass is 16.5. The van der Waals surface area contributed by atoms with E-state index in [2.05, 4.69) is 6.08 Å². The molecule has 0 saturated heterocycles. The van der Waals surface area contributed by atoms with Crippen LogP contribution in [-0.2, 0) is 9.53 Å². The molecule has 1 saturated carbocycles. The Labute approximate surface area is 162 Å². The molecule has 0 radical (unpaired) electrons. The van der Waals surface area contributed by atoms with Crippen LogP contribution in [-0.4, -0.2) is 24.3 Å². The third-order valence-corrected chi connectivity index (χ3v) is 6.03. The number of benzene rings is 1. The van der Waals surface area contributed by atoms with E-state index in [1.165, 1.54) is 56.9 Å². The molecule has 2 aliphatic carbocycles. The van der Waals surface area contributed by atoms with Gasteiger partial charge in [0, 0.05) is 6.61 Å². The Hall–Kier alpha value is -1.81. The highest BCUT2D eigenvalue weighted by Gasteiger charge is 2.34. The van der Waals surface area contributed by atoms with E-state index in [-0.39, 0.29) is 6.42 Å². The molecule has 0 bridgehead atoms. The lowest BCUT2D eigenvalue weighted by Crippen LogP contribution is -2.28. The summed E-state index contributed by atoms with van der Waals surface area (Å²) in [5.41, 5.74) is 2.85. The molecule has 4 heteroatoms. The van der Waals surface area contributed by atoms with Crippen molar-refractivity contribution in [3.63, 3.8) is 0 Å². The molecule has 2 aliphatic rings. The van der Waals surface area contributed by atoms with Gasteiger partial charge in [-0.2, -0.15) is 0 Å². The zero-order chi connectivity index (χ0) is 19.1. The van der Waals surface area contributed by atoms with Crippen LogP contribution in [0.5, 0.6) is 5.75 Å². The minimum absolute atomic E-state index is 0.0248. The fraction of sp³-hybridized carbons (Fsp3) is 0.609. The number of hydrogen-bond acceptors (Lipinski definition) is 3. The van der Waals surface area contributed by atoms with Gasteiger partial charge in [-0.3, -0.25) is 4.79 Å². The lowest BCUT2D eigenvalue weighted by atomic mass is 9.65. The molecule has 1 aromatic carbocycles. The Morgan fingerprint density at radius 2 is 1.89 bits per heavy atom. The molecule has 148 valence electrons. The SMILES string of the molecule is CCOC(CC(=O)O)c1ccc(OCC2=CCCC3(CCCCC3)C2)cc1. The predicted octanol–water partition coefficient (Wildman–Crippen LogP) is 5.68. The highest BCUT2D eigenvalue weighted by molar-refractivity contribution is 5.67. The Bertz CT molecular complexity index is 641. The van der Waals surface area contributed by atoms with Crippen LogP contribution in [0, 0.1) is 5.41 Å².